The number of nitrogens with zero attached hydrogens (tertiary/aromatic N) is 1. The summed E-state index contributed by atoms with van der Waals surface area (Å²) in [7, 11) is 0. The summed E-state index contributed by atoms with van der Waals surface area (Å²) >= 11 is 0. The predicted molar refractivity (Wildman–Crippen MR) is 82.2 cm³/mol. The topological polar surface area (TPSA) is 84.7 Å². The van der Waals surface area contributed by atoms with Crippen molar-refractivity contribution < 1.29 is 18.7 Å². The average Bonchev–Trinajstić information content (AvgIpc) is 2.81. The Morgan fingerprint density at radius 2 is 2.09 bits per heavy atom. The Labute approximate surface area is 131 Å². The number of carbonyl (C=O) groups excluding carboxylic acids is 2. The van der Waals surface area contributed by atoms with E-state index >= 15 is 0 Å². The molecule has 0 aromatic carbocycles. The molecule has 1 unspecified atom stereocenters. The Hall–Kier alpha value is -1.37. The molecule has 0 spiro atoms. The maximum atomic E-state index is 13.3. The molecule has 128 valence electrons. The fourth-order valence-corrected chi connectivity index (χ4v) is 2.34. The van der Waals surface area contributed by atoms with Crippen LogP contribution in [0.25, 0.3) is 0 Å². The maximum Gasteiger partial charge on any atom is 0.408 e. The number of amides is 2. The lowest BCUT2D eigenvalue weighted by Crippen LogP contribution is -2.49. The normalized spacial score (nSPS) is 19.9. The Kier molecular flexibility index (Phi) is 7.06. The molecule has 0 aromatic rings. The Bertz CT molecular complexity index is 385. The predicted octanol–water partition coefficient (Wildman–Crippen LogP) is 1.58. The third kappa shape index (κ3) is 6.60. The second-order valence-corrected chi connectivity index (χ2v) is 6.65. The molecular weight excluding hydrogens is 289 g/mol. The van der Waals surface area contributed by atoms with Crippen LogP contribution >= 0.6 is 0 Å². The summed E-state index contributed by atoms with van der Waals surface area (Å²) in [4.78, 5) is 25.8. The first kappa shape index (κ1) is 18.7. The molecule has 0 radical (unpaired) electrons. The number of hydrogen-bond donors (Lipinski definition) is 2. The van der Waals surface area contributed by atoms with Gasteiger partial charge in [0.05, 0.1) is 6.54 Å². The van der Waals surface area contributed by atoms with Crippen molar-refractivity contribution in [3.8, 4) is 0 Å². The Morgan fingerprint density at radius 3 is 2.59 bits per heavy atom. The van der Waals surface area contributed by atoms with Crippen molar-refractivity contribution in [2.45, 2.75) is 64.3 Å². The van der Waals surface area contributed by atoms with Gasteiger partial charge in [-0.1, -0.05) is 0 Å². The van der Waals surface area contributed by atoms with Crippen molar-refractivity contribution in [3.05, 3.63) is 0 Å². The SMILES string of the molecule is CC(C)(C)OC(=O)N[C@@H](CCCCN)C(=O)N1CCC(F)C1. The lowest BCUT2D eigenvalue weighted by Gasteiger charge is -2.26. The number of alkyl carbamates (subject to hydrolysis) is 1. The summed E-state index contributed by atoms with van der Waals surface area (Å²) in [5.74, 6) is -0.247. The van der Waals surface area contributed by atoms with Crippen LogP contribution in [0.4, 0.5) is 9.18 Å². The highest BCUT2D eigenvalue weighted by atomic mass is 19.1. The van der Waals surface area contributed by atoms with Gasteiger partial charge >= 0.3 is 6.09 Å². The minimum absolute atomic E-state index is 0.0994. The first-order valence-electron chi connectivity index (χ1n) is 7.85. The van der Waals surface area contributed by atoms with Crippen LogP contribution in [0.3, 0.4) is 0 Å². The smallest absolute Gasteiger partial charge is 0.408 e. The quantitative estimate of drug-likeness (QED) is 0.728. The highest BCUT2D eigenvalue weighted by Gasteiger charge is 2.32. The maximum absolute atomic E-state index is 13.3. The lowest BCUT2D eigenvalue weighted by atomic mass is 10.1. The van der Waals surface area contributed by atoms with Gasteiger partial charge in [0.2, 0.25) is 5.91 Å². The van der Waals surface area contributed by atoms with Gasteiger partial charge in [-0.3, -0.25) is 4.79 Å². The molecular formula is C15H28FN3O3. The number of hydrogen-bond acceptors (Lipinski definition) is 4. The van der Waals surface area contributed by atoms with Crippen LogP contribution in [0.2, 0.25) is 0 Å². The molecule has 1 fully saturated rings. The Balaban J connectivity index is 2.62. The highest BCUT2D eigenvalue weighted by molar-refractivity contribution is 5.86. The highest BCUT2D eigenvalue weighted by Crippen LogP contribution is 2.16. The molecule has 0 aromatic heterocycles. The second kappa shape index (κ2) is 8.31. The lowest BCUT2D eigenvalue weighted by molar-refractivity contribution is -0.132. The van der Waals surface area contributed by atoms with Gasteiger partial charge in [-0.25, -0.2) is 9.18 Å². The first-order valence-corrected chi connectivity index (χ1v) is 7.85. The standard InChI is InChI=1S/C15H28FN3O3/c1-15(2,3)22-14(21)18-12(6-4-5-8-17)13(20)19-9-7-11(16)10-19/h11-12H,4-10,17H2,1-3H3,(H,18,21)/t11?,12-/m0/s1. The van der Waals surface area contributed by atoms with E-state index < -0.39 is 23.9 Å². The molecule has 2 atom stereocenters. The minimum atomic E-state index is -0.977. The van der Waals surface area contributed by atoms with Crippen LogP contribution in [0, 0.1) is 0 Å². The van der Waals surface area contributed by atoms with Gasteiger partial charge in [0.15, 0.2) is 0 Å². The number of ether oxygens (including phenoxy) is 1. The number of nitrogens with two attached hydrogens (primary N) is 1. The number of carbonyl (C=O) groups is 2. The average molecular weight is 317 g/mol. The molecule has 1 saturated heterocycles. The van der Waals surface area contributed by atoms with Gasteiger partial charge in [-0.15, -0.1) is 0 Å². The van der Waals surface area contributed by atoms with E-state index in [9.17, 15) is 14.0 Å². The van der Waals surface area contributed by atoms with Gasteiger partial charge in [-0.05, 0) is 53.0 Å². The van der Waals surface area contributed by atoms with Crippen molar-refractivity contribution in [1.29, 1.82) is 0 Å². The molecule has 0 aliphatic carbocycles. The zero-order valence-corrected chi connectivity index (χ0v) is 13.7. The van der Waals surface area contributed by atoms with E-state index in [0.29, 0.717) is 25.9 Å². The van der Waals surface area contributed by atoms with Gasteiger partial charge in [0.25, 0.3) is 0 Å². The van der Waals surface area contributed by atoms with E-state index in [2.05, 4.69) is 5.32 Å². The number of nitrogens with one attached hydrogen (secondary N) is 1. The van der Waals surface area contributed by atoms with Gasteiger partial charge in [0, 0.05) is 6.54 Å². The third-order valence-electron chi connectivity index (χ3n) is 3.38. The van der Waals surface area contributed by atoms with Crippen LogP contribution in [0.1, 0.15) is 46.5 Å². The molecule has 1 aliphatic heterocycles. The fourth-order valence-electron chi connectivity index (χ4n) is 2.34. The zero-order valence-electron chi connectivity index (χ0n) is 13.7. The second-order valence-electron chi connectivity index (χ2n) is 6.65. The molecule has 3 N–H and O–H groups in total. The van der Waals surface area contributed by atoms with E-state index in [1.165, 1.54) is 4.90 Å². The van der Waals surface area contributed by atoms with E-state index in [-0.39, 0.29) is 12.5 Å². The zero-order chi connectivity index (χ0) is 16.8. The van der Waals surface area contributed by atoms with E-state index in [0.717, 1.165) is 12.8 Å². The summed E-state index contributed by atoms with van der Waals surface area (Å²) in [6, 6.07) is -0.688. The molecule has 6 nitrogen and oxygen atoms in total. The van der Waals surface area contributed by atoms with Crippen molar-refractivity contribution in [2.75, 3.05) is 19.6 Å². The number of halogens is 1. The molecule has 1 rings (SSSR count). The summed E-state index contributed by atoms with van der Waals surface area (Å²) in [5.41, 5.74) is 4.83. The van der Waals surface area contributed by atoms with E-state index in [1.807, 2.05) is 0 Å². The molecule has 0 bridgehead atoms. The first-order chi connectivity index (χ1) is 10.2. The summed E-state index contributed by atoms with van der Waals surface area (Å²) < 4.78 is 18.5. The molecule has 0 saturated carbocycles. The van der Waals surface area contributed by atoms with Crippen LogP contribution in [-0.2, 0) is 9.53 Å². The largest absolute Gasteiger partial charge is 0.444 e. The molecule has 1 heterocycles. The van der Waals surface area contributed by atoms with Crippen LogP contribution in [-0.4, -0.2) is 54.3 Å². The number of likely N-dealkylation sites (tertiary alicyclic amines) is 1. The van der Waals surface area contributed by atoms with Crippen molar-refractivity contribution in [2.24, 2.45) is 5.73 Å². The molecule has 7 heteroatoms. The number of unbranched alkanes of at least 4 members (excludes halogenated alkanes) is 1. The molecule has 2 amide bonds. The summed E-state index contributed by atoms with van der Waals surface area (Å²) in [5, 5.41) is 2.61. The van der Waals surface area contributed by atoms with Crippen LogP contribution in [0.15, 0.2) is 0 Å². The van der Waals surface area contributed by atoms with Gasteiger partial charge < -0.3 is 20.7 Å². The number of rotatable bonds is 6. The van der Waals surface area contributed by atoms with Gasteiger partial charge in [-0.2, -0.15) is 0 Å². The van der Waals surface area contributed by atoms with Gasteiger partial charge in [0.1, 0.15) is 17.8 Å². The Morgan fingerprint density at radius 1 is 1.41 bits per heavy atom. The summed E-state index contributed by atoms with van der Waals surface area (Å²) in [6.07, 6.45) is 0.710. The fraction of sp³-hybridized carbons (Fsp3) is 0.867. The minimum Gasteiger partial charge on any atom is -0.444 e. The third-order valence-corrected chi connectivity index (χ3v) is 3.38. The van der Waals surface area contributed by atoms with E-state index in [1.54, 1.807) is 20.8 Å². The van der Waals surface area contributed by atoms with Crippen molar-refractivity contribution in [1.82, 2.24) is 10.2 Å². The van der Waals surface area contributed by atoms with Crippen molar-refractivity contribution >= 4 is 12.0 Å². The van der Waals surface area contributed by atoms with Crippen LogP contribution in [0.5, 0.6) is 0 Å². The monoisotopic (exact) mass is 317 g/mol. The number of alkyl halides is 1. The van der Waals surface area contributed by atoms with Crippen molar-refractivity contribution in [3.63, 3.8) is 0 Å². The van der Waals surface area contributed by atoms with E-state index in [4.69, 9.17) is 10.5 Å². The molecule has 22 heavy (non-hydrogen) atoms. The summed E-state index contributed by atoms with van der Waals surface area (Å²) in [6.45, 7) is 6.29. The molecule has 1 aliphatic rings. The van der Waals surface area contributed by atoms with Crippen LogP contribution < -0.4 is 11.1 Å².